The highest BCUT2D eigenvalue weighted by molar-refractivity contribution is 8.01. The smallest absolute Gasteiger partial charge is 0.249 e. The van der Waals surface area contributed by atoms with Crippen molar-refractivity contribution in [2.45, 2.75) is 40.8 Å². The molecule has 0 unspecified atom stereocenters. The van der Waals surface area contributed by atoms with Crippen molar-refractivity contribution in [1.29, 1.82) is 0 Å². The Bertz CT molecular complexity index is 875. The Morgan fingerprint density at radius 2 is 2.19 bits per heavy atom. The van der Waals surface area contributed by atoms with Gasteiger partial charge in [0.2, 0.25) is 16.9 Å². The van der Waals surface area contributed by atoms with Gasteiger partial charge in [-0.05, 0) is 31.0 Å². The van der Waals surface area contributed by atoms with Crippen LogP contribution in [0, 0.1) is 5.82 Å². The molecule has 6 nitrogen and oxygen atoms in total. The summed E-state index contributed by atoms with van der Waals surface area (Å²) in [5.74, 6) is 0.799. The summed E-state index contributed by atoms with van der Waals surface area (Å²) in [5.41, 5.74) is 0.983. The highest BCUT2D eigenvalue weighted by atomic mass is 32.2. The summed E-state index contributed by atoms with van der Waals surface area (Å²) in [7, 11) is 0. The zero-order valence-electron chi connectivity index (χ0n) is 14.5. The highest BCUT2D eigenvalue weighted by Gasteiger charge is 2.52. The number of halogens is 1. The molecule has 4 rings (SSSR count). The van der Waals surface area contributed by atoms with Crippen molar-refractivity contribution in [2.24, 2.45) is 0 Å². The van der Waals surface area contributed by atoms with Crippen LogP contribution in [-0.2, 0) is 15.3 Å². The van der Waals surface area contributed by atoms with E-state index < -0.39 is 6.04 Å². The monoisotopic (exact) mass is 424 g/mol. The predicted octanol–water partition coefficient (Wildman–Crippen LogP) is 3.36. The molecule has 0 saturated carbocycles. The van der Waals surface area contributed by atoms with Crippen molar-refractivity contribution in [3.05, 3.63) is 35.6 Å². The Kier molecular flexibility index (Phi) is 5.13. The summed E-state index contributed by atoms with van der Waals surface area (Å²) in [4.78, 5) is 26.3. The fourth-order valence-corrected chi connectivity index (χ4v) is 6.39. The van der Waals surface area contributed by atoms with Crippen LogP contribution in [0.4, 0.5) is 9.52 Å². The quantitative estimate of drug-likeness (QED) is 0.586. The minimum Gasteiger partial charge on any atom is -0.315 e. The van der Waals surface area contributed by atoms with Crippen LogP contribution in [0.25, 0.3) is 0 Å². The van der Waals surface area contributed by atoms with Gasteiger partial charge in [-0.3, -0.25) is 14.9 Å². The van der Waals surface area contributed by atoms with Gasteiger partial charge in [0, 0.05) is 17.9 Å². The maximum atomic E-state index is 12.9. The number of hydrogen-bond acceptors (Lipinski definition) is 7. The van der Waals surface area contributed by atoms with Gasteiger partial charge in [-0.1, -0.05) is 35.2 Å². The van der Waals surface area contributed by atoms with Gasteiger partial charge < -0.3 is 4.90 Å². The lowest BCUT2D eigenvalue weighted by atomic mass is 10.2. The fourth-order valence-electron chi connectivity index (χ4n) is 3.25. The van der Waals surface area contributed by atoms with E-state index in [1.807, 2.05) is 6.92 Å². The number of aromatic nitrogens is 2. The molecular weight excluding hydrogens is 407 g/mol. The molecule has 1 aromatic heterocycles. The summed E-state index contributed by atoms with van der Waals surface area (Å²) < 4.78 is 13.7. The minimum absolute atomic E-state index is 0.0375. The molecule has 2 aliphatic rings. The first-order chi connectivity index (χ1) is 12.9. The summed E-state index contributed by atoms with van der Waals surface area (Å²) >= 11 is 4.43. The van der Waals surface area contributed by atoms with E-state index in [1.165, 1.54) is 35.2 Å². The molecular formula is C17H17FN4O2S3. The third-order valence-corrected chi connectivity index (χ3v) is 8.21. The maximum Gasteiger partial charge on any atom is 0.249 e. The Balaban J connectivity index is 1.36. The number of rotatable bonds is 5. The lowest BCUT2D eigenvalue weighted by molar-refractivity contribution is -0.135. The van der Waals surface area contributed by atoms with Crippen molar-refractivity contribution in [3.8, 4) is 0 Å². The number of nitrogens with zero attached hydrogens (tertiary/aromatic N) is 3. The molecule has 3 heterocycles. The van der Waals surface area contributed by atoms with E-state index in [4.69, 9.17) is 0 Å². The Hall–Kier alpha value is -1.65. The standard InChI is InChI=1S/C17H17FN4O2S3/c1-17-7-6-13(23)22(17)12(9-26-17)14(24)19-15-20-21-16(27-15)25-8-10-2-4-11(18)5-3-10/h2-5,12H,6-9H2,1H3,(H,19,20,24)/t12-,17+/m0/s1. The molecule has 2 amide bonds. The molecule has 0 radical (unpaired) electrons. The largest absolute Gasteiger partial charge is 0.315 e. The molecule has 0 spiro atoms. The van der Waals surface area contributed by atoms with Gasteiger partial charge in [0.1, 0.15) is 11.9 Å². The Labute approximate surface area is 168 Å². The first kappa shape index (κ1) is 18.7. The van der Waals surface area contributed by atoms with Gasteiger partial charge in [0.05, 0.1) is 4.87 Å². The van der Waals surface area contributed by atoms with E-state index in [2.05, 4.69) is 15.5 Å². The van der Waals surface area contributed by atoms with E-state index in [1.54, 1.807) is 28.8 Å². The Morgan fingerprint density at radius 3 is 2.96 bits per heavy atom. The third-order valence-electron chi connectivity index (χ3n) is 4.66. The molecule has 0 bridgehead atoms. The van der Waals surface area contributed by atoms with Crippen molar-refractivity contribution < 1.29 is 14.0 Å². The number of anilines is 1. The molecule has 0 aliphatic carbocycles. The number of hydrogen-bond donors (Lipinski definition) is 1. The molecule has 27 heavy (non-hydrogen) atoms. The number of fused-ring (bicyclic) bond motifs is 1. The SMILES string of the molecule is C[C@@]12CCC(=O)N1[C@H](C(=O)Nc1nnc(SCc3ccc(F)cc3)s1)CS2. The van der Waals surface area contributed by atoms with Crippen molar-refractivity contribution in [2.75, 3.05) is 11.1 Å². The Morgan fingerprint density at radius 1 is 1.41 bits per heavy atom. The minimum atomic E-state index is -0.464. The van der Waals surface area contributed by atoms with E-state index >= 15 is 0 Å². The molecule has 2 saturated heterocycles. The molecule has 10 heteroatoms. The van der Waals surface area contributed by atoms with Gasteiger partial charge in [0.15, 0.2) is 4.34 Å². The number of nitrogens with one attached hydrogen (secondary N) is 1. The van der Waals surface area contributed by atoms with Crippen LogP contribution in [0.2, 0.25) is 0 Å². The lowest BCUT2D eigenvalue weighted by Crippen LogP contribution is -2.48. The van der Waals surface area contributed by atoms with Crippen LogP contribution in [0.5, 0.6) is 0 Å². The van der Waals surface area contributed by atoms with Crippen molar-refractivity contribution in [3.63, 3.8) is 0 Å². The third kappa shape index (κ3) is 3.83. The van der Waals surface area contributed by atoms with E-state index in [0.717, 1.165) is 16.3 Å². The predicted molar refractivity (Wildman–Crippen MR) is 105 cm³/mol. The second kappa shape index (κ2) is 7.40. The second-order valence-electron chi connectivity index (χ2n) is 6.54. The number of carbonyl (C=O) groups is 2. The average molecular weight is 425 g/mol. The molecule has 142 valence electrons. The summed E-state index contributed by atoms with van der Waals surface area (Å²) in [6, 6.07) is 5.85. The molecule has 2 aromatic rings. The van der Waals surface area contributed by atoms with Gasteiger partial charge >= 0.3 is 0 Å². The average Bonchev–Trinajstić information content (AvgIpc) is 3.31. The van der Waals surface area contributed by atoms with Crippen molar-refractivity contribution >= 4 is 51.8 Å². The van der Waals surface area contributed by atoms with Crippen LogP contribution < -0.4 is 5.32 Å². The molecule has 1 aromatic carbocycles. The first-order valence-corrected chi connectivity index (χ1v) is 11.2. The molecule has 2 atom stereocenters. The van der Waals surface area contributed by atoms with Crippen LogP contribution in [0.1, 0.15) is 25.3 Å². The number of thioether (sulfide) groups is 2. The van der Waals surface area contributed by atoms with Gasteiger partial charge in [-0.25, -0.2) is 4.39 Å². The van der Waals surface area contributed by atoms with Crippen LogP contribution in [-0.4, -0.2) is 43.6 Å². The van der Waals surface area contributed by atoms with Crippen LogP contribution in [0.3, 0.4) is 0 Å². The molecule has 1 N–H and O–H groups in total. The normalized spacial score (nSPS) is 24.3. The van der Waals surface area contributed by atoms with E-state index in [0.29, 0.717) is 23.1 Å². The number of amides is 2. The summed E-state index contributed by atoms with van der Waals surface area (Å²) in [5, 5.41) is 11.3. The van der Waals surface area contributed by atoms with E-state index in [-0.39, 0.29) is 22.5 Å². The molecule has 2 aliphatic heterocycles. The van der Waals surface area contributed by atoms with Gasteiger partial charge in [0.25, 0.3) is 0 Å². The van der Waals surface area contributed by atoms with E-state index in [9.17, 15) is 14.0 Å². The van der Waals surface area contributed by atoms with Crippen LogP contribution in [0.15, 0.2) is 28.6 Å². The van der Waals surface area contributed by atoms with Gasteiger partial charge in [-0.15, -0.1) is 22.0 Å². The van der Waals surface area contributed by atoms with Crippen molar-refractivity contribution in [1.82, 2.24) is 15.1 Å². The van der Waals surface area contributed by atoms with Crippen LogP contribution >= 0.6 is 34.9 Å². The zero-order valence-corrected chi connectivity index (χ0v) is 16.9. The highest BCUT2D eigenvalue weighted by Crippen LogP contribution is 2.47. The molecule has 2 fully saturated rings. The first-order valence-electron chi connectivity index (χ1n) is 8.42. The second-order valence-corrected chi connectivity index (χ2v) is 10.2. The lowest BCUT2D eigenvalue weighted by Gasteiger charge is -2.29. The topological polar surface area (TPSA) is 75.2 Å². The summed E-state index contributed by atoms with van der Waals surface area (Å²) in [6.07, 6.45) is 1.28. The van der Waals surface area contributed by atoms with Gasteiger partial charge in [-0.2, -0.15) is 0 Å². The fraction of sp³-hybridized carbons (Fsp3) is 0.412. The maximum absolute atomic E-state index is 12.9. The zero-order chi connectivity index (χ0) is 19.0. The number of carbonyl (C=O) groups excluding carboxylic acids is 2. The summed E-state index contributed by atoms with van der Waals surface area (Å²) in [6.45, 7) is 2.02. The number of benzene rings is 1.